The number of benzene rings is 2. The van der Waals surface area contributed by atoms with Crippen LogP contribution in [0.3, 0.4) is 0 Å². The molecule has 1 aliphatic carbocycles. The summed E-state index contributed by atoms with van der Waals surface area (Å²) in [7, 11) is 0. The Balaban J connectivity index is 1.96. The summed E-state index contributed by atoms with van der Waals surface area (Å²) in [6.07, 6.45) is 4.45. The molecule has 1 fully saturated rings. The van der Waals surface area contributed by atoms with E-state index in [0.717, 1.165) is 5.56 Å². The smallest absolute Gasteiger partial charge is 0.232 e. The minimum atomic E-state index is -0.356. The normalized spacial score (nSPS) is 28.0. The third-order valence-corrected chi connectivity index (χ3v) is 5.80. The predicted molar refractivity (Wildman–Crippen MR) is 102 cm³/mol. The third kappa shape index (κ3) is 2.20. The lowest BCUT2D eigenvalue weighted by Crippen LogP contribution is -2.53. The first-order valence-electron chi connectivity index (χ1n) is 9.02. The zero-order valence-corrected chi connectivity index (χ0v) is 15.4. The van der Waals surface area contributed by atoms with Crippen molar-refractivity contribution in [1.29, 1.82) is 0 Å². The van der Waals surface area contributed by atoms with Crippen LogP contribution in [-0.2, 0) is 10.3 Å². The van der Waals surface area contributed by atoms with Gasteiger partial charge >= 0.3 is 0 Å². The van der Waals surface area contributed by atoms with Gasteiger partial charge in [-0.1, -0.05) is 66.7 Å². The Morgan fingerprint density at radius 1 is 0.960 bits per heavy atom. The van der Waals surface area contributed by atoms with Crippen LogP contribution in [0.4, 0.5) is 0 Å². The Kier molecular flexibility index (Phi) is 3.44. The van der Waals surface area contributed by atoms with E-state index in [9.17, 15) is 4.79 Å². The van der Waals surface area contributed by atoms with E-state index in [1.54, 1.807) is 0 Å². The molecule has 0 N–H and O–H groups in total. The van der Waals surface area contributed by atoms with Crippen LogP contribution in [0.5, 0.6) is 0 Å². The van der Waals surface area contributed by atoms with Crippen LogP contribution in [0.2, 0.25) is 0 Å². The van der Waals surface area contributed by atoms with E-state index in [1.165, 1.54) is 11.1 Å². The van der Waals surface area contributed by atoms with Crippen LogP contribution in [0.1, 0.15) is 50.3 Å². The zero-order chi connectivity index (χ0) is 17.8. The first-order valence-corrected chi connectivity index (χ1v) is 9.02. The van der Waals surface area contributed by atoms with Gasteiger partial charge in [-0.25, -0.2) is 0 Å². The molecule has 4 rings (SSSR count). The first kappa shape index (κ1) is 16.1. The van der Waals surface area contributed by atoms with Crippen molar-refractivity contribution in [1.82, 2.24) is 4.90 Å². The number of likely N-dealkylation sites (tertiary alicyclic amines) is 1. The van der Waals surface area contributed by atoms with Crippen molar-refractivity contribution in [3.05, 3.63) is 77.4 Å². The highest BCUT2D eigenvalue weighted by Gasteiger charge is 2.59. The average molecular weight is 331 g/mol. The fraction of sp³-hybridized carbons (Fsp3) is 0.348. The number of nitrogens with zero attached hydrogens (tertiary/aromatic N) is 1. The standard InChI is InChI=1S/C23H25NO/c1-22(2,3)24-21(25)20-18-13-9-8-10-16(18)14-15-19(20)23(24,4)17-11-6-5-7-12-17/h5-15,19-20H,1-4H3/t19-,20+,23+/m1/s1. The topological polar surface area (TPSA) is 20.3 Å². The van der Waals surface area contributed by atoms with Gasteiger partial charge in [-0.15, -0.1) is 0 Å². The van der Waals surface area contributed by atoms with Gasteiger partial charge in [0.2, 0.25) is 5.91 Å². The van der Waals surface area contributed by atoms with Crippen molar-refractivity contribution in [2.45, 2.75) is 44.7 Å². The maximum atomic E-state index is 13.6. The van der Waals surface area contributed by atoms with Crippen LogP contribution in [-0.4, -0.2) is 16.3 Å². The second-order valence-corrected chi connectivity index (χ2v) is 8.35. The van der Waals surface area contributed by atoms with E-state index < -0.39 is 0 Å². The number of rotatable bonds is 1. The number of amides is 1. The Morgan fingerprint density at radius 2 is 1.60 bits per heavy atom. The third-order valence-electron chi connectivity index (χ3n) is 5.80. The van der Waals surface area contributed by atoms with Gasteiger partial charge in [-0.05, 0) is 44.4 Å². The molecule has 1 saturated heterocycles. The second-order valence-electron chi connectivity index (χ2n) is 8.35. The van der Waals surface area contributed by atoms with Gasteiger partial charge in [0, 0.05) is 11.5 Å². The highest BCUT2D eigenvalue weighted by Crippen LogP contribution is 2.56. The molecule has 2 aliphatic rings. The Morgan fingerprint density at radius 3 is 2.28 bits per heavy atom. The van der Waals surface area contributed by atoms with E-state index in [1.807, 2.05) is 18.2 Å². The SMILES string of the molecule is CC(C)(C)N1C(=O)[C@H]2c3ccccc3C=C[C@H]2[C@]1(C)c1ccccc1. The van der Waals surface area contributed by atoms with Gasteiger partial charge < -0.3 is 4.90 Å². The van der Waals surface area contributed by atoms with E-state index in [2.05, 4.69) is 81.1 Å². The second kappa shape index (κ2) is 5.32. The Hall–Kier alpha value is -2.35. The molecule has 2 heteroatoms. The van der Waals surface area contributed by atoms with Crippen LogP contribution < -0.4 is 0 Å². The lowest BCUT2D eigenvalue weighted by atomic mass is 9.70. The molecule has 3 atom stereocenters. The van der Waals surface area contributed by atoms with Crippen molar-refractivity contribution in [2.75, 3.05) is 0 Å². The number of carbonyl (C=O) groups is 1. The molecule has 0 bridgehead atoms. The van der Waals surface area contributed by atoms with Gasteiger partial charge in [-0.2, -0.15) is 0 Å². The molecule has 25 heavy (non-hydrogen) atoms. The summed E-state index contributed by atoms with van der Waals surface area (Å²) < 4.78 is 0. The average Bonchev–Trinajstić information content (AvgIpc) is 2.84. The molecule has 0 aromatic heterocycles. The fourth-order valence-corrected chi connectivity index (χ4v) is 4.90. The van der Waals surface area contributed by atoms with E-state index in [4.69, 9.17) is 0 Å². The first-order chi connectivity index (χ1) is 11.8. The highest BCUT2D eigenvalue weighted by molar-refractivity contribution is 5.91. The highest BCUT2D eigenvalue weighted by atomic mass is 16.2. The predicted octanol–water partition coefficient (Wildman–Crippen LogP) is 4.97. The van der Waals surface area contributed by atoms with Crippen molar-refractivity contribution < 1.29 is 4.79 Å². The molecule has 0 unspecified atom stereocenters. The summed E-state index contributed by atoms with van der Waals surface area (Å²) in [6, 6.07) is 18.8. The minimum absolute atomic E-state index is 0.106. The van der Waals surface area contributed by atoms with Gasteiger partial charge in [0.25, 0.3) is 0 Å². The molecule has 0 radical (unpaired) electrons. The quantitative estimate of drug-likeness (QED) is 0.722. The van der Waals surface area contributed by atoms with Crippen molar-refractivity contribution >= 4 is 12.0 Å². The number of hydrogen-bond donors (Lipinski definition) is 0. The summed E-state index contributed by atoms with van der Waals surface area (Å²) >= 11 is 0. The van der Waals surface area contributed by atoms with Gasteiger partial charge in [0.05, 0.1) is 11.5 Å². The molecule has 2 aromatic carbocycles. The summed E-state index contributed by atoms with van der Waals surface area (Å²) in [5.41, 5.74) is 2.93. The van der Waals surface area contributed by atoms with Crippen LogP contribution in [0.15, 0.2) is 60.7 Å². The lowest BCUT2D eigenvalue weighted by Gasteiger charge is -2.46. The van der Waals surface area contributed by atoms with Gasteiger partial charge in [-0.3, -0.25) is 4.79 Å². The summed E-state index contributed by atoms with van der Waals surface area (Å²) in [4.78, 5) is 15.8. The fourth-order valence-electron chi connectivity index (χ4n) is 4.90. The van der Waals surface area contributed by atoms with Gasteiger partial charge in [0.1, 0.15) is 0 Å². The van der Waals surface area contributed by atoms with Crippen molar-refractivity contribution in [2.24, 2.45) is 5.92 Å². The van der Waals surface area contributed by atoms with Crippen molar-refractivity contribution in [3.8, 4) is 0 Å². The molecule has 128 valence electrons. The number of carbonyl (C=O) groups excluding carboxylic acids is 1. The lowest BCUT2D eigenvalue weighted by molar-refractivity contribution is -0.138. The van der Waals surface area contributed by atoms with E-state index in [-0.39, 0.29) is 28.8 Å². The molecule has 0 saturated carbocycles. The van der Waals surface area contributed by atoms with Crippen LogP contribution in [0.25, 0.3) is 6.08 Å². The van der Waals surface area contributed by atoms with Crippen LogP contribution >= 0.6 is 0 Å². The van der Waals surface area contributed by atoms with Crippen molar-refractivity contribution in [3.63, 3.8) is 0 Å². The molecule has 0 spiro atoms. The minimum Gasteiger partial charge on any atom is -0.327 e. The zero-order valence-electron chi connectivity index (χ0n) is 15.4. The molecule has 2 aromatic rings. The molecule has 2 nitrogen and oxygen atoms in total. The molecule has 1 heterocycles. The monoisotopic (exact) mass is 331 g/mol. The van der Waals surface area contributed by atoms with E-state index >= 15 is 0 Å². The maximum Gasteiger partial charge on any atom is 0.232 e. The van der Waals surface area contributed by atoms with Crippen LogP contribution in [0, 0.1) is 5.92 Å². The molecular formula is C23H25NO. The number of hydrogen-bond acceptors (Lipinski definition) is 1. The van der Waals surface area contributed by atoms with E-state index in [0.29, 0.717) is 0 Å². The van der Waals surface area contributed by atoms with Gasteiger partial charge in [0.15, 0.2) is 0 Å². The Labute approximate surface area is 150 Å². The maximum absolute atomic E-state index is 13.6. The Bertz CT molecular complexity index is 846. The molecule has 1 amide bonds. The summed E-state index contributed by atoms with van der Waals surface area (Å²) in [5, 5.41) is 0. The molecule has 1 aliphatic heterocycles. The molecular weight excluding hydrogens is 306 g/mol. The number of fused-ring (bicyclic) bond motifs is 3. The largest absolute Gasteiger partial charge is 0.327 e. The summed E-state index contributed by atoms with van der Waals surface area (Å²) in [6.45, 7) is 8.64. The summed E-state index contributed by atoms with van der Waals surface area (Å²) in [5.74, 6) is 0.266.